The Labute approximate surface area is 102 Å². The molecule has 0 aromatic heterocycles. The normalized spacial score (nSPS) is 23.1. The first-order chi connectivity index (χ1) is 7.79. The number of ketones is 1. The molecule has 5 nitrogen and oxygen atoms in total. The van der Waals surface area contributed by atoms with Crippen molar-refractivity contribution in [2.24, 2.45) is 5.92 Å². The number of rotatable bonds is 2. The van der Waals surface area contributed by atoms with Crippen LogP contribution in [0.5, 0.6) is 0 Å². The van der Waals surface area contributed by atoms with Gasteiger partial charge >= 0.3 is 6.09 Å². The molecule has 98 valence electrons. The molecule has 17 heavy (non-hydrogen) atoms. The van der Waals surface area contributed by atoms with E-state index < -0.39 is 11.7 Å². The molecule has 0 spiro atoms. The van der Waals surface area contributed by atoms with Gasteiger partial charge in [-0.25, -0.2) is 4.79 Å². The molecule has 0 aliphatic carbocycles. The van der Waals surface area contributed by atoms with Gasteiger partial charge < -0.3 is 14.8 Å². The predicted molar refractivity (Wildman–Crippen MR) is 62.8 cm³/mol. The number of ether oxygens (including phenoxy) is 2. The maximum Gasteiger partial charge on any atom is 0.407 e. The summed E-state index contributed by atoms with van der Waals surface area (Å²) in [6, 6.07) is -0.266. The Morgan fingerprint density at radius 2 is 2.18 bits per heavy atom. The second-order valence-corrected chi connectivity index (χ2v) is 5.33. The monoisotopic (exact) mass is 243 g/mol. The van der Waals surface area contributed by atoms with Gasteiger partial charge in [0, 0.05) is 12.5 Å². The van der Waals surface area contributed by atoms with E-state index in [4.69, 9.17) is 9.47 Å². The first kappa shape index (κ1) is 14.0. The number of carbonyl (C=O) groups excluding carboxylic acids is 2. The first-order valence-corrected chi connectivity index (χ1v) is 5.89. The molecule has 1 amide bonds. The van der Waals surface area contributed by atoms with E-state index in [0.717, 1.165) is 0 Å². The molecule has 1 aliphatic rings. The highest BCUT2D eigenvalue weighted by Gasteiger charge is 2.30. The second-order valence-electron chi connectivity index (χ2n) is 5.33. The Morgan fingerprint density at radius 3 is 2.71 bits per heavy atom. The molecule has 0 aromatic carbocycles. The minimum atomic E-state index is -0.531. The molecule has 0 unspecified atom stereocenters. The van der Waals surface area contributed by atoms with Crippen LogP contribution >= 0.6 is 0 Å². The van der Waals surface area contributed by atoms with Crippen LogP contribution in [-0.4, -0.2) is 36.7 Å². The summed E-state index contributed by atoms with van der Waals surface area (Å²) in [4.78, 5) is 23.2. The zero-order valence-corrected chi connectivity index (χ0v) is 10.9. The van der Waals surface area contributed by atoms with Gasteiger partial charge in [-0.3, -0.25) is 4.79 Å². The molecule has 1 saturated heterocycles. The molecule has 0 aromatic rings. The van der Waals surface area contributed by atoms with E-state index in [1.807, 2.05) is 0 Å². The van der Waals surface area contributed by atoms with Gasteiger partial charge in [0.1, 0.15) is 11.4 Å². The average Bonchev–Trinajstić information content (AvgIpc) is 2.14. The van der Waals surface area contributed by atoms with Crippen LogP contribution in [0.1, 0.15) is 34.1 Å². The lowest BCUT2D eigenvalue weighted by molar-refractivity contribution is -0.131. The van der Waals surface area contributed by atoms with Crippen LogP contribution in [0.25, 0.3) is 0 Å². The van der Waals surface area contributed by atoms with Crippen LogP contribution < -0.4 is 5.32 Å². The first-order valence-electron chi connectivity index (χ1n) is 5.89. The van der Waals surface area contributed by atoms with Gasteiger partial charge in [-0.15, -0.1) is 0 Å². The molecule has 1 N–H and O–H groups in total. The van der Waals surface area contributed by atoms with Gasteiger partial charge in [-0.05, 0) is 27.7 Å². The summed E-state index contributed by atoms with van der Waals surface area (Å²) in [7, 11) is 0. The SMILES string of the molecule is C[C@H](NC(=O)OC(C)(C)C)[C@@H]1COCCC1=O. The summed E-state index contributed by atoms with van der Waals surface area (Å²) in [5, 5.41) is 2.67. The third-order valence-electron chi connectivity index (χ3n) is 2.55. The molecule has 1 fully saturated rings. The van der Waals surface area contributed by atoms with Gasteiger partial charge in [-0.1, -0.05) is 0 Å². The Balaban J connectivity index is 2.45. The lowest BCUT2D eigenvalue weighted by Gasteiger charge is -2.28. The minimum Gasteiger partial charge on any atom is -0.444 e. The van der Waals surface area contributed by atoms with Gasteiger partial charge in [-0.2, -0.15) is 0 Å². The zero-order valence-electron chi connectivity index (χ0n) is 10.9. The Morgan fingerprint density at radius 1 is 1.53 bits per heavy atom. The molecular weight excluding hydrogens is 222 g/mol. The Bertz CT molecular complexity index is 295. The van der Waals surface area contributed by atoms with Crippen molar-refractivity contribution >= 4 is 11.9 Å². The largest absolute Gasteiger partial charge is 0.444 e. The molecule has 5 heteroatoms. The lowest BCUT2D eigenvalue weighted by atomic mass is 9.94. The van der Waals surface area contributed by atoms with Crippen molar-refractivity contribution in [2.75, 3.05) is 13.2 Å². The number of carbonyl (C=O) groups is 2. The van der Waals surface area contributed by atoms with Crippen molar-refractivity contribution in [1.82, 2.24) is 5.32 Å². The third kappa shape index (κ3) is 4.73. The van der Waals surface area contributed by atoms with Crippen LogP contribution in [0.3, 0.4) is 0 Å². The number of Topliss-reactive ketones (excluding diaryl/α,β-unsaturated/α-hetero) is 1. The summed E-state index contributed by atoms with van der Waals surface area (Å²) < 4.78 is 10.4. The van der Waals surface area contributed by atoms with Crippen molar-refractivity contribution < 1.29 is 19.1 Å². The second kappa shape index (κ2) is 5.49. The van der Waals surface area contributed by atoms with Crippen molar-refractivity contribution in [1.29, 1.82) is 0 Å². The number of hydrogen-bond donors (Lipinski definition) is 1. The summed E-state index contributed by atoms with van der Waals surface area (Å²) in [5.41, 5.74) is -0.531. The highest BCUT2D eigenvalue weighted by Crippen LogP contribution is 2.15. The molecule has 0 saturated carbocycles. The highest BCUT2D eigenvalue weighted by atomic mass is 16.6. The predicted octanol–water partition coefficient (Wildman–Crippen LogP) is 1.51. The van der Waals surface area contributed by atoms with Crippen molar-refractivity contribution in [3.63, 3.8) is 0 Å². The molecule has 2 atom stereocenters. The zero-order chi connectivity index (χ0) is 13.1. The van der Waals surface area contributed by atoms with Crippen molar-refractivity contribution in [3.8, 4) is 0 Å². The number of alkyl carbamates (subject to hydrolysis) is 1. The fourth-order valence-electron chi connectivity index (χ4n) is 1.68. The molecule has 0 bridgehead atoms. The van der Waals surface area contributed by atoms with Crippen LogP contribution in [0, 0.1) is 5.92 Å². The van der Waals surface area contributed by atoms with E-state index in [1.165, 1.54) is 0 Å². The van der Waals surface area contributed by atoms with E-state index in [0.29, 0.717) is 19.6 Å². The molecule has 1 rings (SSSR count). The van der Waals surface area contributed by atoms with Crippen LogP contribution in [0.4, 0.5) is 4.79 Å². The van der Waals surface area contributed by atoms with Gasteiger partial charge in [0.25, 0.3) is 0 Å². The van der Waals surface area contributed by atoms with Crippen LogP contribution in [0.15, 0.2) is 0 Å². The Kier molecular flexibility index (Phi) is 4.51. The van der Waals surface area contributed by atoms with E-state index in [2.05, 4.69) is 5.32 Å². The standard InChI is InChI=1S/C12H21NO4/c1-8(9-7-16-6-5-10(9)14)13-11(15)17-12(2,3)4/h8-9H,5-7H2,1-4H3,(H,13,15)/t8-,9-/m0/s1. The minimum absolute atomic E-state index is 0.139. The number of hydrogen-bond acceptors (Lipinski definition) is 4. The molecule has 1 heterocycles. The van der Waals surface area contributed by atoms with E-state index >= 15 is 0 Å². The number of nitrogens with one attached hydrogen (secondary N) is 1. The summed E-state index contributed by atoms with van der Waals surface area (Å²) in [6.45, 7) is 8.04. The van der Waals surface area contributed by atoms with Crippen molar-refractivity contribution in [3.05, 3.63) is 0 Å². The third-order valence-corrected chi connectivity index (χ3v) is 2.55. The van der Waals surface area contributed by atoms with Crippen molar-refractivity contribution in [2.45, 2.75) is 45.8 Å². The fraction of sp³-hybridized carbons (Fsp3) is 0.833. The van der Waals surface area contributed by atoms with Gasteiger partial charge in [0.15, 0.2) is 0 Å². The topological polar surface area (TPSA) is 64.6 Å². The van der Waals surface area contributed by atoms with E-state index in [9.17, 15) is 9.59 Å². The maximum absolute atomic E-state index is 11.6. The average molecular weight is 243 g/mol. The van der Waals surface area contributed by atoms with E-state index in [1.54, 1.807) is 27.7 Å². The molecular formula is C12H21NO4. The summed E-state index contributed by atoms with van der Waals surface area (Å²) in [5.74, 6) is -0.129. The fourth-order valence-corrected chi connectivity index (χ4v) is 1.68. The summed E-state index contributed by atoms with van der Waals surface area (Å²) >= 11 is 0. The molecule has 1 aliphatic heterocycles. The van der Waals surface area contributed by atoms with E-state index in [-0.39, 0.29) is 17.7 Å². The van der Waals surface area contributed by atoms with Crippen LogP contribution in [-0.2, 0) is 14.3 Å². The summed E-state index contributed by atoms with van der Waals surface area (Å²) in [6.07, 6.45) is -0.0752. The number of amides is 1. The lowest BCUT2D eigenvalue weighted by Crippen LogP contribution is -2.46. The van der Waals surface area contributed by atoms with Gasteiger partial charge in [0.2, 0.25) is 0 Å². The smallest absolute Gasteiger partial charge is 0.407 e. The highest BCUT2D eigenvalue weighted by molar-refractivity contribution is 5.83. The van der Waals surface area contributed by atoms with Gasteiger partial charge in [0.05, 0.1) is 19.1 Å². The quantitative estimate of drug-likeness (QED) is 0.798. The maximum atomic E-state index is 11.6. The molecule has 0 radical (unpaired) electrons. The Hall–Kier alpha value is -1.10. The van der Waals surface area contributed by atoms with Crippen LogP contribution in [0.2, 0.25) is 0 Å².